The molecule has 7 heteroatoms. The first-order valence-corrected chi connectivity index (χ1v) is 10.4. The van der Waals surface area contributed by atoms with Crippen LogP contribution in [-0.4, -0.2) is 42.5 Å². The van der Waals surface area contributed by atoms with Crippen molar-refractivity contribution in [3.05, 3.63) is 58.9 Å². The quantitative estimate of drug-likeness (QED) is 0.449. The summed E-state index contributed by atoms with van der Waals surface area (Å²) in [7, 11) is 0. The fourth-order valence-corrected chi connectivity index (χ4v) is 3.77. The molecule has 0 radical (unpaired) electrons. The average molecular weight is 429 g/mol. The van der Waals surface area contributed by atoms with Crippen molar-refractivity contribution in [2.45, 2.75) is 31.7 Å². The predicted molar refractivity (Wildman–Crippen MR) is 125 cm³/mol. The highest BCUT2D eigenvalue weighted by molar-refractivity contribution is 5.94. The molecule has 1 atom stereocenters. The topological polar surface area (TPSA) is 79.0 Å². The third kappa shape index (κ3) is 5.59. The molecule has 3 aromatic rings. The third-order valence-corrected chi connectivity index (χ3v) is 5.38. The van der Waals surface area contributed by atoms with E-state index in [4.69, 9.17) is 4.74 Å². The zero-order valence-electron chi connectivity index (χ0n) is 17.0. The molecule has 0 amide bonds. The van der Waals surface area contributed by atoms with Gasteiger partial charge in [0.05, 0.1) is 17.7 Å². The Morgan fingerprint density at radius 3 is 2.70 bits per heavy atom. The Morgan fingerprint density at radius 2 is 1.87 bits per heavy atom. The van der Waals surface area contributed by atoms with Gasteiger partial charge >= 0.3 is 0 Å². The lowest BCUT2D eigenvalue weighted by molar-refractivity contribution is 0.190. The number of rotatable bonds is 9. The molecule has 2 aromatic carbocycles. The van der Waals surface area contributed by atoms with Gasteiger partial charge in [-0.1, -0.05) is 36.8 Å². The van der Waals surface area contributed by atoms with Crippen LogP contribution in [0.25, 0.3) is 22.0 Å². The Kier molecular flexibility index (Phi) is 8.25. The van der Waals surface area contributed by atoms with Gasteiger partial charge in [-0.25, -0.2) is 5.10 Å². The van der Waals surface area contributed by atoms with Crippen molar-refractivity contribution >= 4 is 28.9 Å². The Bertz CT molecular complexity index is 1000. The van der Waals surface area contributed by atoms with E-state index in [1.807, 2.05) is 36.4 Å². The lowest BCUT2D eigenvalue weighted by Crippen LogP contribution is -2.29. The van der Waals surface area contributed by atoms with E-state index in [0.717, 1.165) is 61.5 Å². The van der Waals surface area contributed by atoms with E-state index in [0.29, 0.717) is 11.4 Å². The summed E-state index contributed by atoms with van der Waals surface area (Å²) < 4.78 is 5.38. The van der Waals surface area contributed by atoms with Crippen molar-refractivity contribution in [1.29, 1.82) is 0 Å². The van der Waals surface area contributed by atoms with E-state index in [9.17, 15) is 4.79 Å². The number of fused-ring (bicyclic) bond motifs is 1. The van der Waals surface area contributed by atoms with Gasteiger partial charge in [-0.3, -0.25) is 4.79 Å². The number of H-pyrrole nitrogens is 1. The van der Waals surface area contributed by atoms with Crippen LogP contribution in [0.1, 0.15) is 25.7 Å². The van der Waals surface area contributed by atoms with Crippen molar-refractivity contribution in [3.8, 4) is 11.3 Å². The monoisotopic (exact) mass is 428 g/mol. The second-order valence-corrected chi connectivity index (χ2v) is 7.53. The minimum absolute atomic E-state index is 0. The number of nitrogens with one attached hydrogen (secondary N) is 3. The maximum atomic E-state index is 12.0. The zero-order valence-corrected chi connectivity index (χ0v) is 17.8. The molecule has 0 aliphatic carbocycles. The van der Waals surface area contributed by atoms with Crippen LogP contribution in [0.3, 0.4) is 0 Å². The minimum atomic E-state index is -0.159. The average Bonchev–Trinajstić information content (AvgIpc) is 3.27. The molecular weight excluding hydrogens is 400 g/mol. The van der Waals surface area contributed by atoms with Crippen molar-refractivity contribution in [3.63, 3.8) is 0 Å². The Hall–Kier alpha value is -2.41. The number of aromatic amines is 1. The maximum absolute atomic E-state index is 12.0. The van der Waals surface area contributed by atoms with Gasteiger partial charge in [-0.15, -0.1) is 12.4 Å². The number of ether oxygens (including phenoxy) is 1. The molecule has 1 fully saturated rings. The van der Waals surface area contributed by atoms with Crippen LogP contribution in [0.2, 0.25) is 0 Å². The first-order chi connectivity index (χ1) is 14.3. The smallest absolute Gasteiger partial charge is 0.272 e. The van der Waals surface area contributed by atoms with Crippen LogP contribution < -0.4 is 16.2 Å². The van der Waals surface area contributed by atoms with Gasteiger partial charge in [0.2, 0.25) is 0 Å². The largest absolute Gasteiger partial charge is 0.385 e. The van der Waals surface area contributed by atoms with Crippen molar-refractivity contribution in [2.24, 2.45) is 0 Å². The number of nitrogens with zero attached hydrogens (tertiary/aromatic N) is 1. The molecule has 2 heterocycles. The first-order valence-electron chi connectivity index (χ1n) is 10.4. The number of halogens is 1. The number of benzene rings is 2. The van der Waals surface area contributed by atoms with Crippen LogP contribution in [0.4, 0.5) is 5.69 Å². The van der Waals surface area contributed by atoms with E-state index in [-0.39, 0.29) is 18.0 Å². The number of hydrogen-bond donors (Lipinski definition) is 3. The van der Waals surface area contributed by atoms with Crippen LogP contribution in [0.15, 0.2) is 53.3 Å². The number of aromatic nitrogens is 2. The van der Waals surface area contributed by atoms with Gasteiger partial charge in [0.1, 0.15) is 0 Å². The van der Waals surface area contributed by atoms with Crippen LogP contribution >= 0.6 is 12.4 Å². The lowest BCUT2D eigenvalue weighted by atomic mass is 10.0. The highest BCUT2D eigenvalue weighted by atomic mass is 35.5. The molecule has 0 spiro atoms. The molecule has 160 valence electrons. The van der Waals surface area contributed by atoms with Crippen LogP contribution in [-0.2, 0) is 4.74 Å². The number of unbranched alkanes of at least 4 members (excludes halogenated alkanes) is 2. The Balaban J connectivity index is 0.00000256. The number of anilines is 1. The highest BCUT2D eigenvalue weighted by Gasteiger charge is 2.13. The summed E-state index contributed by atoms with van der Waals surface area (Å²) in [6.45, 7) is 3.76. The molecular formula is C23H29ClN4O2. The van der Waals surface area contributed by atoms with Gasteiger partial charge in [0, 0.05) is 35.8 Å². The molecule has 0 unspecified atom stereocenters. The Morgan fingerprint density at radius 1 is 1.03 bits per heavy atom. The van der Waals surface area contributed by atoms with Crippen molar-refractivity contribution in [2.75, 3.05) is 31.6 Å². The third-order valence-electron chi connectivity index (χ3n) is 5.38. The molecule has 1 aromatic heterocycles. The second kappa shape index (κ2) is 11.1. The molecule has 1 saturated heterocycles. The summed E-state index contributed by atoms with van der Waals surface area (Å²) in [5.41, 5.74) is 2.70. The fourth-order valence-electron chi connectivity index (χ4n) is 3.77. The molecule has 3 N–H and O–H groups in total. The van der Waals surface area contributed by atoms with Gasteiger partial charge in [-0.2, -0.15) is 5.10 Å². The van der Waals surface area contributed by atoms with Gasteiger partial charge in [-0.05, 0) is 44.0 Å². The Labute approximate surface area is 182 Å². The SMILES string of the molecule is Cl.O=c1[nH]nc(-c2cccc(NCCCCCN[C@@H]3CCOC3)c2)c2ccccc12. The van der Waals surface area contributed by atoms with Crippen molar-refractivity contribution in [1.82, 2.24) is 15.5 Å². The maximum Gasteiger partial charge on any atom is 0.272 e. The van der Waals surface area contributed by atoms with E-state index in [2.05, 4.69) is 33.0 Å². The molecule has 1 aliphatic heterocycles. The molecule has 1 aliphatic rings. The molecule has 30 heavy (non-hydrogen) atoms. The van der Waals surface area contributed by atoms with E-state index in [1.54, 1.807) is 0 Å². The fraction of sp³-hybridized carbons (Fsp3) is 0.391. The van der Waals surface area contributed by atoms with Crippen molar-refractivity contribution < 1.29 is 4.74 Å². The van der Waals surface area contributed by atoms with E-state index < -0.39 is 0 Å². The zero-order chi connectivity index (χ0) is 19.9. The molecule has 6 nitrogen and oxygen atoms in total. The lowest BCUT2D eigenvalue weighted by Gasteiger charge is -2.11. The van der Waals surface area contributed by atoms with Gasteiger partial charge in [0.15, 0.2) is 0 Å². The normalized spacial score (nSPS) is 15.8. The first kappa shape index (κ1) is 22.3. The van der Waals surface area contributed by atoms with Crippen LogP contribution in [0.5, 0.6) is 0 Å². The summed E-state index contributed by atoms with van der Waals surface area (Å²) in [6.07, 6.45) is 4.65. The second-order valence-electron chi connectivity index (χ2n) is 7.53. The van der Waals surface area contributed by atoms with Crippen LogP contribution in [0, 0.1) is 0 Å². The van der Waals surface area contributed by atoms with E-state index in [1.165, 1.54) is 12.8 Å². The summed E-state index contributed by atoms with van der Waals surface area (Å²) in [5.74, 6) is 0. The summed E-state index contributed by atoms with van der Waals surface area (Å²) in [4.78, 5) is 12.0. The van der Waals surface area contributed by atoms with Gasteiger partial charge in [0.25, 0.3) is 5.56 Å². The summed E-state index contributed by atoms with van der Waals surface area (Å²) in [6, 6.07) is 16.3. The number of hydrogen-bond acceptors (Lipinski definition) is 5. The standard InChI is InChI=1S/C23H28N4O2.ClH/c28-23-21-10-3-2-9-20(21)22(26-27-23)17-7-6-8-18(15-17)24-12-4-1-5-13-25-19-11-14-29-16-19;/h2-3,6-10,15,19,24-25H,1,4-5,11-14,16H2,(H,27,28);1H/t19-;/m1./s1. The summed E-state index contributed by atoms with van der Waals surface area (Å²) >= 11 is 0. The predicted octanol–water partition coefficient (Wildman–Crippen LogP) is 3.97. The molecule has 4 rings (SSSR count). The minimum Gasteiger partial charge on any atom is -0.385 e. The molecule has 0 saturated carbocycles. The van der Waals surface area contributed by atoms with E-state index >= 15 is 0 Å². The molecule has 0 bridgehead atoms. The van der Waals surface area contributed by atoms with Gasteiger partial charge < -0.3 is 15.4 Å². The summed E-state index contributed by atoms with van der Waals surface area (Å²) in [5, 5.41) is 15.5. The highest BCUT2D eigenvalue weighted by Crippen LogP contribution is 2.26.